The number of thiophene rings is 1. The smallest absolute Gasteiger partial charge is 0.280 e. The summed E-state index contributed by atoms with van der Waals surface area (Å²) in [7, 11) is 0. The molecule has 0 saturated carbocycles. The van der Waals surface area contributed by atoms with Crippen LogP contribution in [0.5, 0.6) is 0 Å². The topological polar surface area (TPSA) is 65.1 Å². The molecule has 0 atom stereocenters. The number of aryl methyl sites for hydroxylation is 3. The van der Waals surface area contributed by atoms with Crippen LogP contribution in [0.25, 0.3) is 27.8 Å². The van der Waals surface area contributed by atoms with Gasteiger partial charge in [-0.25, -0.2) is 4.52 Å². The van der Waals surface area contributed by atoms with Gasteiger partial charge in [-0.1, -0.05) is 36.7 Å². The summed E-state index contributed by atoms with van der Waals surface area (Å²) in [5.41, 5.74) is 4.27. The molecule has 0 aliphatic carbocycles. The standard InChI is InChI=1S/C22H18ClN5OS/c1-2-17-19(14-5-7-15(23)8-6-14)21-25-24-20-18(28(21)26-17)10-12-27(22(20)29)11-9-16-4-3-13-30-16/h3-8,10,12-13H,2,9,11H2,1H3. The molecule has 4 heterocycles. The van der Waals surface area contributed by atoms with Gasteiger partial charge in [0.05, 0.1) is 11.3 Å². The van der Waals surface area contributed by atoms with Crippen molar-refractivity contribution in [3.05, 3.63) is 80.0 Å². The molecule has 6 nitrogen and oxygen atoms in total. The molecule has 0 fully saturated rings. The first-order valence-electron chi connectivity index (χ1n) is 9.71. The van der Waals surface area contributed by atoms with E-state index in [1.807, 2.05) is 54.9 Å². The van der Waals surface area contributed by atoms with Crippen LogP contribution in [0.15, 0.2) is 58.8 Å². The Bertz CT molecular complexity index is 1400. The Morgan fingerprint density at radius 3 is 2.67 bits per heavy atom. The number of benzene rings is 1. The molecule has 1 aromatic carbocycles. The Labute approximate surface area is 181 Å². The van der Waals surface area contributed by atoms with Crippen LogP contribution in [0.4, 0.5) is 0 Å². The van der Waals surface area contributed by atoms with Crippen molar-refractivity contribution in [2.75, 3.05) is 0 Å². The number of pyridine rings is 1. The van der Waals surface area contributed by atoms with Crippen LogP contribution in [0, 0.1) is 0 Å². The Morgan fingerprint density at radius 1 is 1.10 bits per heavy atom. The predicted molar refractivity (Wildman–Crippen MR) is 120 cm³/mol. The zero-order chi connectivity index (χ0) is 20.7. The minimum atomic E-state index is -0.153. The highest BCUT2D eigenvalue weighted by molar-refractivity contribution is 7.09. The van der Waals surface area contributed by atoms with Crippen molar-refractivity contribution < 1.29 is 0 Å². The second kappa shape index (κ2) is 7.66. The first-order valence-corrected chi connectivity index (χ1v) is 11.0. The predicted octanol–water partition coefficient (Wildman–Crippen LogP) is 4.63. The number of aromatic nitrogens is 5. The SMILES string of the molecule is CCc1nn2c(nnc3c(=O)n(CCc4cccs4)ccc32)c1-c1ccc(Cl)cc1. The lowest BCUT2D eigenvalue weighted by atomic mass is 10.0. The van der Waals surface area contributed by atoms with Gasteiger partial charge in [0, 0.05) is 22.6 Å². The first-order chi connectivity index (χ1) is 14.7. The van der Waals surface area contributed by atoms with Crippen molar-refractivity contribution in [2.24, 2.45) is 0 Å². The maximum absolute atomic E-state index is 13.0. The Balaban J connectivity index is 1.64. The Kier molecular flexibility index (Phi) is 4.84. The molecule has 0 radical (unpaired) electrons. The van der Waals surface area contributed by atoms with Crippen LogP contribution in [-0.2, 0) is 19.4 Å². The number of rotatable bonds is 5. The fourth-order valence-electron chi connectivity index (χ4n) is 3.65. The molecule has 0 N–H and O–H groups in total. The minimum Gasteiger partial charge on any atom is -0.313 e. The van der Waals surface area contributed by atoms with E-state index in [9.17, 15) is 4.79 Å². The van der Waals surface area contributed by atoms with Crippen molar-refractivity contribution in [1.29, 1.82) is 0 Å². The molecule has 0 bridgehead atoms. The Hall–Kier alpha value is -3.03. The molecule has 0 saturated heterocycles. The van der Waals surface area contributed by atoms with E-state index < -0.39 is 0 Å². The third kappa shape index (κ3) is 3.20. The van der Waals surface area contributed by atoms with E-state index in [4.69, 9.17) is 16.7 Å². The van der Waals surface area contributed by atoms with E-state index in [0.29, 0.717) is 28.2 Å². The van der Waals surface area contributed by atoms with Crippen LogP contribution in [0.3, 0.4) is 0 Å². The average Bonchev–Trinajstić information content (AvgIpc) is 3.41. The van der Waals surface area contributed by atoms with Crippen LogP contribution < -0.4 is 5.56 Å². The number of hydrogen-bond acceptors (Lipinski definition) is 5. The molecular weight excluding hydrogens is 418 g/mol. The summed E-state index contributed by atoms with van der Waals surface area (Å²) in [5, 5.41) is 16.2. The minimum absolute atomic E-state index is 0.153. The molecule has 30 heavy (non-hydrogen) atoms. The molecule has 0 unspecified atom stereocenters. The molecule has 5 aromatic rings. The fourth-order valence-corrected chi connectivity index (χ4v) is 4.47. The maximum atomic E-state index is 13.0. The van der Waals surface area contributed by atoms with Gasteiger partial charge >= 0.3 is 0 Å². The van der Waals surface area contributed by atoms with E-state index in [1.165, 1.54) is 4.88 Å². The number of nitrogens with zero attached hydrogens (tertiary/aromatic N) is 5. The molecule has 8 heteroatoms. The second-order valence-electron chi connectivity index (χ2n) is 7.00. The molecule has 0 aliphatic heterocycles. The monoisotopic (exact) mass is 435 g/mol. The van der Waals surface area contributed by atoms with Crippen LogP contribution in [-0.4, -0.2) is 24.4 Å². The van der Waals surface area contributed by atoms with Crippen LogP contribution in [0.2, 0.25) is 5.02 Å². The highest BCUT2D eigenvalue weighted by Crippen LogP contribution is 2.29. The zero-order valence-corrected chi connectivity index (χ0v) is 17.8. The maximum Gasteiger partial charge on any atom is 0.280 e. The normalized spacial score (nSPS) is 11.5. The van der Waals surface area contributed by atoms with E-state index in [2.05, 4.69) is 16.3 Å². The summed E-state index contributed by atoms with van der Waals surface area (Å²) in [5.74, 6) is 0. The lowest BCUT2D eigenvalue weighted by Gasteiger charge is -2.07. The third-order valence-electron chi connectivity index (χ3n) is 5.17. The summed E-state index contributed by atoms with van der Waals surface area (Å²) in [4.78, 5) is 14.3. The molecule has 0 aliphatic rings. The van der Waals surface area contributed by atoms with E-state index in [1.54, 1.807) is 20.4 Å². The van der Waals surface area contributed by atoms with E-state index in [-0.39, 0.29) is 5.56 Å². The molecule has 0 amide bonds. The zero-order valence-electron chi connectivity index (χ0n) is 16.2. The largest absolute Gasteiger partial charge is 0.313 e. The molecule has 5 rings (SSSR count). The second-order valence-corrected chi connectivity index (χ2v) is 8.46. The van der Waals surface area contributed by atoms with Crippen molar-refractivity contribution >= 4 is 39.6 Å². The highest BCUT2D eigenvalue weighted by Gasteiger charge is 2.18. The number of hydrogen-bond donors (Lipinski definition) is 0. The van der Waals surface area contributed by atoms with Gasteiger partial charge in [0.1, 0.15) is 5.52 Å². The lowest BCUT2D eigenvalue weighted by molar-refractivity contribution is 0.676. The first kappa shape index (κ1) is 19.0. The Morgan fingerprint density at radius 2 is 1.93 bits per heavy atom. The quantitative estimate of drug-likeness (QED) is 0.404. The van der Waals surface area contributed by atoms with Crippen LogP contribution >= 0.6 is 22.9 Å². The summed E-state index contributed by atoms with van der Waals surface area (Å²) in [6.45, 7) is 2.65. The number of fused-ring (bicyclic) bond motifs is 3. The van der Waals surface area contributed by atoms with Gasteiger partial charge in [0.25, 0.3) is 5.56 Å². The average molecular weight is 436 g/mol. The fraction of sp³-hybridized carbons (Fsp3) is 0.182. The summed E-state index contributed by atoms with van der Waals surface area (Å²) >= 11 is 7.74. The summed E-state index contributed by atoms with van der Waals surface area (Å²) < 4.78 is 3.42. The van der Waals surface area contributed by atoms with Gasteiger partial charge in [-0.2, -0.15) is 5.10 Å². The van der Waals surface area contributed by atoms with Crippen LogP contribution in [0.1, 0.15) is 17.5 Å². The van der Waals surface area contributed by atoms with Crippen molar-refractivity contribution in [3.8, 4) is 11.1 Å². The van der Waals surface area contributed by atoms with E-state index >= 15 is 0 Å². The third-order valence-corrected chi connectivity index (χ3v) is 6.36. The van der Waals surface area contributed by atoms with Crippen molar-refractivity contribution in [1.82, 2.24) is 24.4 Å². The van der Waals surface area contributed by atoms with Gasteiger partial charge in [-0.05, 0) is 48.1 Å². The molecule has 150 valence electrons. The van der Waals surface area contributed by atoms with Crippen molar-refractivity contribution in [2.45, 2.75) is 26.3 Å². The van der Waals surface area contributed by atoms with Gasteiger partial charge < -0.3 is 4.57 Å². The van der Waals surface area contributed by atoms with Gasteiger partial charge in [-0.3, -0.25) is 4.79 Å². The molecule has 0 spiro atoms. The van der Waals surface area contributed by atoms with Gasteiger partial charge in [0.2, 0.25) is 0 Å². The number of halogens is 1. The van der Waals surface area contributed by atoms with Crippen molar-refractivity contribution in [3.63, 3.8) is 0 Å². The lowest BCUT2D eigenvalue weighted by Crippen LogP contribution is -2.22. The van der Waals surface area contributed by atoms with E-state index in [0.717, 1.165) is 29.7 Å². The highest BCUT2D eigenvalue weighted by atomic mass is 35.5. The summed E-state index contributed by atoms with van der Waals surface area (Å²) in [6.07, 6.45) is 3.36. The molecular formula is C22H18ClN5OS. The van der Waals surface area contributed by atoms with Gasteiger partial charge in [0.15, 0.2) is 11.2 Å². The van der Waals surface area contributed by atoms with Gasteiger partial charge in [-0.15, -0.1) is 21.5 Å². The summed E-state index contributed by atoms with van der Waals surface area (Å²) in [6, 6.07) is 13.6. The molecule has 4 aromatic heterocycles.